The van der Waals surface area contributed by atoms with Crippen LogP contribution in [0.4, 0.5) is 0 Å². The Labute approximate surface area is 180 Å². The zero-order valence-electron chi connectivity index (χ0n) is 16.6. The summed E-state index contributed by atoms with van der Waals surface area (Å²) in [7, 11) is 0. The molecule has 0 N–H and O–H groups in total. The van der Waals surface area contributed by atoms with Gasteiger partial charge in [0.25, 0.3) is 0 Å². The van der Waals surface area contributed by atoms with E-state index in [1.54, 1.807) is 0 Å². The fourth-order valence-electron chi connectivity index (χ4n) is 4.58. The Morgan fingerprint density at radius 1 is 0.828 bits per heavy atom. The first-order valence-corrected chi connectivity index (χ1v) is 11.0. The Morgan fingerprint density at radius 3 is 2.07 bits per heavy atom. The molecule has 1 fully saturated rings. The molecule has 0 unspecified atom stereocenters. The fourth-order valence-corrected chi connectivity index (χ4v) is 4.97. The summed E-state index contributed by atoms with van der Waals surface area (Å²) in [4.78, 5) is 2.62. The van der Waals surface area contributed by atoms with Crippen LogP contribution in [0.25, 0.3) is 11.1 Å². The first-order chi connectivity index (χ1) is 14.2. The largest absolute Gasteiger partial charge is 0.294 e. The van der Waals surface area contributed by atoms with E-state index in [9.17, 15) is 0 Å². The van der Waals surface area contributed by atoms with Crippen molar-refractivity contribution in [3.05, 3.63) is 94.0 Å². The van der Waals surface area contributed by atoms with E-state index < -0.39 is 0 Å². The van der Waals surface area contributed by atoms with Gasteiger partial charge < -0.3 is 0 Å². The second-order valence-electron chi connectivity index (χ2n) is 7.76. The number of hydrazone groups is 1. The minimum absolute atomic E-state index is 0.361. The number of halogens is 1. The first kappa shape index (κ1) is 18.6. The third-order valence-electron chi connectivity index (χ3n) is 5.99. The summed E-state index contributed by atoms with van der Waals surface area (Å²) in [6, 6.07) is 26.4. The van der Waals surface area contributed by atoms with Gasteiger partial charge in [0, 0.05) is 30.7 Å². The van der Waals surface area contributed by atoms with E-state index in [0.29, 0.717) is 6.04 Å². The normalized spacial score (nSPS) is 17.3. The molecule has 0 aromatic heterocycles. The average Bonchev–Trinajstić information content (AvgIpc) is 3.09. The van der Waals surface area contributed by atoms with Crippen molar-refractivity contribution >= 4 is 21.6 Å². The second-order valence-corrected chi connectivity index (χ2v) is 8.68. The monoisotopic (exact) mass is 445 g/mol. The molecule has 0 radical (unpaired) electrons. The lowest BCUT2D eigenvalue weighted by atomic mass is 10.0. The maximum absolute atomic E-state index is 4.90. The third-order valence-corrected chi connectivity index (χ3v) is 6.48. The minimum atomic E-state index is 0.361. The molecule has 0 atom stereocenters. The average molecular weight is 446 g/mol. The van der Waals surface area contributed by atoms with Gasteiger partial charge in [0.05, 0.1) is 11.8 Å². The molecule has 1 heterocycles. The van der Waals surface area contributed by atoms with Crippen LogP contribution in [0.2, 0.25) is 0 Å². The zero-order chi connectivity index (χ0) is 19.8. The van der Waals surface area contributed by atoms with Crippen molar-refractivity contribution in [3.63, 3.8) is 0 Å². The van der Waals surface area contributed by atoms with Gasteiger partial charge in [-0.2, -0.15) is 5.10 Å². The van der Waals surface area contributed by atoms with E-state index >= 15 is 0 Å². The highest BCUT2D eigenvalue weighted by atomic mass is 79.9. The summed E-state index contributed by atoms with van der Waals surface area (Å²) in [5.74, 6) is 0. The topological polar surface area (TPSA) is 18.8 Å². The van der Waals surface area contributed by atoms with Crippen molar-refractivity contribution < 1.29 is 0 Å². The smallest absolute Gasteiger partial charge is 0.0647 e. The maximum Gasteiger partial charge on any atom is 0.0647 e. The molecule has 0 saturated carbocycles. The molecule has 0 spiro atoms. The van der Waals surface area contributed by atoms with Crippen LogP contribution >= 0.6 is 15.9 Å². The quantitative estimate of drug-likeness (QED) is 0.491. The van der Waals surface area contributed by atoms with Crippen LogP contribution in [0.1, 0.15) is 29.7 Å². The van der Waals surface area contributed by atoms with Gasteiger partial charge in [-0.25, -0.2) is 0 Å². The SMILES string of the molecule is CC(=NN1CCN(C2c3ccccc3-c3ccccc32)CC1)c1cccc(Br)c1. The highest BCUT2D eigenvalue weighted by molar-refractivity contribution is 9.10. The number of fused-ring (bicyclic) bond motifs is 3. The molecule has 1 aliphatic carbocycles. The summed E-state index contributed by atoms with van der Waals surface area (Å²) in [5, 5.41) is 7.12. The molecule has 2 aliphatic rings. The van der Waals surface area contributed by atoms with Crippen LogP contribution < -0.4 is 0 Å². The highest BCUT2D eigenvalue weighted by Crippen LogP contribution is 2.46. The van der Waals surface area contributed by atoms with Gasteiger partial charge in [-0.1, -0.05) is 76.6 Å². The van der Waals surface area contributed by atoms with E-state index in [1.165, 1.54) is 27.8 Å². The highest BCUT2D eigenvalue weighted by Gasteiger charge is 2.33. The van der Waals surface area contributed by atoms with Crippen LogP contribution in [0.3, 0.4) is 0 Å². The van der Waals surface area contributed by atoms with Gasteiger partial charge in [0.2, 0.25) is 0 Å². The first-order valence-electron chi connectivity index (χ1n) is 10.2. The van der Waals surface area contributed by atoms with Gasteiger partial charge in [-0.15, -0.1) is 0 Å². The van der Waals surface area contributed by atoms with E-state index in [0.717, 1.165) is 36.4 Å². The predicted molar refractivity (Wildman–Crippen MR) is 123 cm³/mol. The Morgan fingerprint density at radius 2 is 1.45 bits per heavy atom. The molecular weight excluding hydrogens is 422 g/mol. The maximum atomic E-state index is 4.90. The Hall–Kier alpha value is -2.43. The number of hydrogen-bond donors (Lipinski definition) is 0. The Balaban J connectivity index is 1.34. The standard InChI is InChI=1S/C25H24BrN3/c1-18(19-7-6-8-20(26)17-19)27-29-15-13-28(14-16-29)25-23-11-4-2-9-21(23)22-10-3-5-12-24(22)25/h2-12,17,25H,13-16H2,1H3. The summed E-state index contributed by atoms with van der Waals surface area (Å²) < 4.78 is 1.09. The van der Waals surface area contributed by atoms with Crippen molar-refractivity contribution in [1.29, 1.82) is 0 Å². The Kier molecular flexibility index (Phi) is 4.98. The van der Waals surface area contributed by atoms with E-state index in [1.807, 2.05) is 6.07 Å². The van der Waals surface area contributed by atoms with E-state index in [4.69, 9.17) is 5.10 Å². The molecule has 29 heavy (non-hydrogen) atoms. The molecular formula is C25H24BrN3. The number of benzene rings is 3. The second kappa shape index (κ2) is 7.77. The van der Waals surface area contributed by atoms with Crippen molar-refractivity contribution in [2.24, 2.45) is 5.10 Å². The molecule has 1 aliphatic heterocycles. The fraction of sp³-hybridized carbons (Fsp3) is 0.240. The molecule has 4 heteroatoms. The van der Waals surface area contributed by atoms with Gasteiger partial charge in [-0.05, 0) is 46.9 Å². The summed E-state index contributed by atoms with van der Waals surface area (Å²) >= 11 is 3.55. The van der Waals surface area contributed by atoms with Gasteiger partial charge in [-0.3, -0.25) is 9.91 Å². The molecule has 0 amide bonds. The zero-order valence-corrected chi connectivity index (χ0v) is 18.1. The van der Waals surface area contributed by atoms with Crippen molar-refractivity contribution in [2.45, 2.75) is 13.0 Å². The molecule has 3 nitrogen and oxygen atoms in total. The molecule has 0 bridgehead atoms. The minimum Gasteiger partial charge on any atom is -0.294 e. The van der Waals surface area contributed by atoms with E-state index in [2.05, 4.69) is 99.5 Å². The van der Waals surface area contributed by atoms with Crippen molar-refractivity contribution in [1.82, 2.24) is 9.91 Å². The van der Waals surface area contributed by atoms with Crippen LogP contribution in [-0.2, 0) is 0 Å². The lowest BCUT2D eigenvalue weighted by Crippen LogP contribution is -2.45. The predicted octanol–water partition coefficient (Wildman–Crippen LogP) is 5.56. The molecule has 5 rings (SSSR count). The number of rotatable bonds is 3. The van der Waals surface area contributed by atoms with Gasteiger partial charge >= 0.3 is 0 Å². The van der Waals surface area contributed by atoms with Gasteiger partial charge in [0.1, 0.15) is 0 Å². The van der Waals surface area contributed by atoms with Crippen LogP contribution in [0.5, 0.6) is 0 Å². The Bertz CT molecular complexity index is 1020. The van der Waals surface area contributed by atoms with Crippen LogP contribution in [-0.4, -0.2) is 41.8 Å². The summed E-state index contributed by atoms with van der Waals surface area (Å²) in [6.07, 6.45) is 0. The van der Waals surface area contributed by atoms with Crippen molar-refractivity contribution in [2.75, 3.05) is 26.2 Å². The lowest BCUT2D eigenvalue weighted by molar-refractivity contribution is 0.114. The van der Waals surface area contributed by atoms with Crippen molar-refractivity contribution in [3.8, 4) is 11.1 Å². The molecule has 1 saturated heterocycles. The number of piperazine rings is 1. The number of hydrogen-bond acceptors (Lipinski definition) is 3. The van der Waals surface area contributed by atoms with Crippen LogP contribution in [0.15, 0.2) is 82.4 Å². The lowest BCUT2D eigenvalue weighted by Gasteiger charge is -2.37. The molecule has 146 valence electrons. The summed E-state index contributed by atoms with van der Waals surface area (Å²) in [6.45, 7) is 6.03. The third kappa shape index (κ3) is 3.52. The van der Waals surface area contributed by atoms with E-state index in [-0.39, 0.29) is 0 Å². The molecule has 3 aromatic rings. The summed E-state index contributed by atoms with van der Waals surface area (Å²) in [5.41, 5.74) is 7.89. The molecule has 3 aromatic carbocycles. The van der Waals surface area contributed by atoms with Gasteiger partial charge in [0.15, 0.2) is 0 Å². The van der Waals surface area contributed by atoms with Crippen LogP contribution in [0, 0.1) is 0 Å². The number of nitrogens with zero attached hydrogens (tertiary/aromatic N) is 3.